The van der Waals surface area contributed by atoms with Crippen LogP contribution >= 0.6 is 0 Å². The van der Waals surface area contributed by atoms with Crippen molar-refractivity contribution in [2.75, 3.05) is 0 Å². The smallest absolute Gasteiger partial charge is 0.268 e. The maximum Gasteiger partial charge on any atom is 0.287 e. The molecule has 0 atom stereocenters. The van der Waals surface area contributed by atoms with Crippen molar-refractivity contribution in [1.82, 2.24) is 33.1 Å². The van der Waals surface area contributed by atoms with E-state index in [1.165, 1.54) is 11.1 Å². The van der Waals surface area contributed by atoms with Crippen molar-refractivity contribution in [2.45, 2.75) is 6.54 Å². The fourth-order valence-corrected chi connectivity index (χ4v) is 15.7. The molecule has 496 valence electrons. The fraction of sp³-hybridized carbons (Fsp3) is 0.0105. The van der Waals surface area contributed by atoms with Crippen LogP contribution in [0.3, 0.4) is 0 Å². The predicted molar refractivity (Wildman–Crippen MR) is 426 cm³/mol. The van der Waals surface area contributed by atoms with Gasteiger partial charge in [0.2, 0.25) is 0 Å². The topological polar surface area (TPSA) is 120 Å². The zero-order chi connectivity index (χ0) is 70.5. The van der Waals surface area contributed by atoms with Gasteiger partial charge in [0.05, 0.1) is 32.7 Å². The Labute approximate surface area is 607 Å². The Hall–Kier alpha value is -14.4. The molecule has 0 amide bonds. The van der Waals surface area contributed by atoms with Gasteiger partial charge in [-0.2, -0.15) is 0 Å². The number of para-hydroxylation sites is 3. The Morgan fingerprint density at radius 2 is 0.566 bits per heavy atom. The lowest BCUT2D eigenvalue weighted by molar-refractivity contribution is -0.675. The molecule has 0 bridgehead atoms. The molecule has 0 radical (unpaired) electrons. The van der Waals surface area contributed by atoms with Gasteiger partial charge in [-0.3, -0.25) is 27.6 Å². The van der Waals surface area contributed by atoms with Crippen LogP contribution in [0.15, 0.2) is 361 Å². The summed E-state index contributed by atoms with van der Waals surface area (Å²) < 4.78 is 7.11. The molecule has 12 aromatic carbocycles. The molecule has 0 spiro atoms. The summed E-state index contributed by atoms with van der Waals surface area (Å²) in [5.41, 5.74) is 29.6. The molecule has 0 saturated heterocycles. The molecule has 0 N–H and O–H groups in total. The average molecular weight is 1360 g/mol. The SMILES string of the molecule is O=c1c2ccccc2nc2cc(-c3ccccc3-c3cccc(-c4ccccc4-c4ccc5c(c4)C[n+]4cnc(-c6ccc(-c7ccccc7-c7cc(-c8ccccc8-c8ccn9c(=O)c%10ccccc%10nc9c8)cc(-c8ccccc8-c8ccn9c(=O)c%10ccccc%10nc9c8)c7)cc6)cc4-5)c3)ccn12. The number of hydrogen-bond donors (Lipinski definition) is 0. The zero-order valence-electron chi connectivity index (χ0n) is 56.9. The molecule has 0 aliphatic carbocycles. The third-order valence-electron chi connectivity index (χ3n) is 20.9. The molecule has 11 nitrogen and oxygen atoms in total. The van der Waals surface area contributed by atoms with Crippen molar-refractivity contribution in [3.63, 3.8) is 0 Å². The molecule has 0 saturated carbocycles. The van der Waals surface area contributed by atoms with Gasteiger partial charge in [-0.15, -0.1) is 0 Å². The first kappa shape index (κ1) is 61.4. The Bertz CT molecular complexity index is 6900. The maximum atomic E-state index is 13.8. The van der Waals surface area contributed by atoms with Gasteiger partial charge in [-0.25, -0.2) is 19.5 Å². The summed E-state index contributed by atoms with van der Waals surface area (Å²) in [6, 6.07) is 111. The first-order chi connectivity index (χ1) is 52.2. The number of aromatic nitrogens is 8. The van der Waals surface area contributed by atoms with Crippen molar-refractivity contribution in [3.8, 4) is 134 Å². The highest BCUT2D eigenvalue weighted by Gasteiger charge is 2.27. The molecule has 19 aromatic rings. The van der Waals surface area contributed by atoms with E-state index >= 15 is 0 Å². The van der Waals surface area contributed by atoms with Crippen molar-refractivity contribution < 1.29 is 4.57 Å². The summed E-state index contributed by atoms with van der Waals surface area (Å²) in [6.45, 7) is 0.702. The van der Waals surface area contributed by atoms with E-state index in [1.807, 2.05) is 134 Å². The molecular weight excluding hydrogens is 1300 g/mol. The van der Waals surface area contributed by atoms with Gasteiger partial charge in [0.1, 0.15) is 29.2 Å². The number of pyridine rings is 3. The first-order valence-electron chi connectivity index (χ1n) is 35.4. The molecule has 0 fully saturated rings. The summed E-state index contributed by atoms with van der Waals surface area (Å²) in [5, 5.41) is 1.74. The Morgan fingerprint density at radius 3 is 0.962 bits per heavy atom. The number of rotatable bonds is 11. The van der Waals surface area contributed by atoms with Crippen molar-refractivity contribution in [1.29, 1.82) is 0 Å². The van der Waals surface area contributed by atoms with Crippen LogP contribution in [0.2, 0.25) is 0 Å². The van der Waals surface area contributed by atoms with Gasteiger partial charge in [-0.1, -0.05) is 194 Å². The number of fused-ring (bicyclic) bond motifs is 9. The third-order valence-corrected chi connectivity index (χ3v) is 20.9. The van der Waals surface area contributed by atoms with Crippen LogP contribution in [0.4, 0.5) is 0 Å². The first-order valence-corrected chi connectivity index (χ1v) is 35.4. The summed E-state index contributed by atoms with van der Waals surface area (Å²) >= 11 is 0. The standard InChI is InChI=1S/C95H59N8O3/c104-93-82-30-11-14-33-85(82)97-90-53-64(42-45-101(90)93)75-24-5-3-22-73(75)62-19-17-18-61(48-62)72-21-2-4-23-74(72)63-40-41-81-70(49-63)57-100-58-96-88(56-89(81)100)60-38-36-59(37-39-60)71-20-1-8-27-78(71)67-50-68(79-28-9-6-25-76(79)65-43-46-102-91(54-65)98-86-34-15-12-31-83(86)94(102)105)52-69(51-67)80-29-10-7-26-77(80)66-44-47-103-92(55-66)99-87-35-16-13-32-84(87)95(103)106/h1-56,58H,57H2/q+1. The molecule has 20 rings (SSSR count). The van der Waals surface area contributed by atoms with Gasteiger partial charge < -0.3 is 0 Å². The Balaban J connectivity index is 0.627. The zero-order valence-corrected chi connectivity index (χ0v) is 56.9. The van der Waals surface area contributed by atoms with E-state index in [-0.39, 0.29) is 16.7 Å². The second-order valence-electron chi connectivity index (χ2n) is 27.1. The Kier molecular flexibility index (Phi) is 14.5. The molecule has 1 aliphatic rings. The minimum Gasteiger partial charge on any atom is -0.268 e. The number of hydrogen-bond acceptors (Lipinski definition) is 7. The second-order valence-corrected chi connectivity index (χ2v) is 27.1. The Morgan fingerprint density at radius 1 is 0.255 bits per heavy atom. The van der Waals surface area contributed by atoms with Crippen LogP contribution in [0.5, 0.6) is 0 Å². The highest BCUT2D eigenvalue weighted by Crippen LogP contribution is 2.45. The summed E-state index contributed by atoms with van der Waals surface area (Å²) in [4.78, 5) is 61.0. The lowest BCUT2D eigenvalue weighted by Gasteiger charge is -2.18. The lowest BCUT2D eigenvalue weighted by Crippen LogP contribution is -2.32. The molecule has 8 heterocycles. The van der Waals surface area contributed by atoms with Crippen molar-refractivity contribution >= 4 is 49.7 Å². The molecule has 11 heteroatoms. The minimum atomic E-state index is -0.111. The molecule has 0 unspecified atom stereocenters. The molecule has 7 aromatic heterocycles. The van der Waals surface area contributed by atoms with Gasteiger partial charge in [0.25, 0.3) is 23.0 Å². The van der Waals surface area contributed by atoms with Crippen LogP contribution in [-0.4, -0.2) is 33.1 Å². The average Bonchev–Trinajstić information content (AvgIpc) is 0.831. The quantitative estimate of drug-likeness (QED) is 0.0934. The van der Waals surface area contributed by atoms with Gasteiger partial charge in [0.15, 0.2) is 5.69 Å². The van der Waals surface area contributed by atoms with E-state index in [2.05, 4.69) is 217 Å². The van der Waals surface area contributed by atoms with E-state index in [9.17, 15) is 14.4 Å². The number of nitrogens with zero attached hydrogens (tertiary/aromatic N) is 8. The van der Waals surface area contributed by atoms with Crippen LogP contribution in [0.1, 0.15) is 5.56 Å². The van der Waals surface area contributed by atoms with Crippen LogP contribution in [-0.2, 0) is 6.54 Å². The summed E-state index contributed by atoms with van der Waals surface area (Å²) in [7, 11) is 0. The summed E-state index contributed by atoms with van der Waals surface area (Å²) in [5.74, 6) is 0. The van der Waals surface area contributed by atoms with Crippen molar-refractivity contribution in [3.05, 3.63) is 383 Å². The largest absolute Gasteiger partial charge is 0.287 e. The highest BCUT2D eigenvalue weighted by atomic mass is 16.1. The van der Waals surface area contributed by atoms with Gasteiger partial charge in [-0.05, 0) is 238 Å². The van der Waals surface area contributed by atoms with Crippen LogP contribution < -0.4 is 21.2 Å². The van der Waals surface area contributed by atoms with E-state index in [1.54, 1.807) is 13.2 Å². The van der Waals surface area contributed by atoms with E-state index in [0.717, 1.165) is 128 Å². The summed E-state index contributed by atoms with van der Waals surface area (Å²) in [6.07, 6.45) is 7.47. The normalized spacial score (nSPS) is 11.8. The van der Waals surface area contributed by atoms with Gasteiger partial charge >= 0.3 is 0 Å². The van der Waals surface area contributed by atoms with Gasteiger partial charge in [0, 0.05) is 41.3 Å². The van der Waals surface area contributed by atoms with E-state index in [4.69, 9.17) is 19.9 Å². The van der Waals surface area contributed by atoms with E-state index < -0.39 is 0 Å². The number of benzene rings is 12. The van der Waals surface area contributed by atoms with Crippen LogP contribution in [0.25, 0.3) is 183 Å². The lowest BCUT2D eigenvalue weighted by atomic mass is 9.86. The minimum absolute atomic E-state index is 0.0828. The molecular formula is C95H59N8O3+. The van der Waals surface area contributed by atoms with Crippen LogP contribution in [0, 0.1) is 0 Å². The third kappa shape index (κ3) is 10.5. The fourth-order valence-electron chi connectivity index (χ4n) is 15.7. The maximum absolute atomic E-state index is 13.8. The highest BCUT2D eigenvalue weighted by molar-refractivity contribution is 5.97. The predicted octanol–water partition coefficient (Wildman–Crippen LogP) is 20.2. The van der Waals surface area contributed by atoms with E-state index in [0.29, 0.717) is 56.2 Å². The monoisotopic (exact) mass is 1360 g/mol. The second kappa shape index (κ2) is 25.0. The molecule has 1 aliphatic heterocycles. The molecule has 106 heavy (non-hydrogen) atoms. The van der Waals surface area contributed by atoms with Crippen molar-refractivity contribution in [2.24, 2.45) is 0 Å².